The molecule has 1 aromatic carbocycles. The number of carbonyl (C=O) groups excluding carboxylic acids is 2. The van der Waals surface area contributed by atoms with Gasteiger partial charge in [-0.3, -0.25) is 9.59 Å². The number of primary amides is 1. The summed E-state index contributed by atoms with van der Waals surface area (Å²) < 4.78 is 0. The zero-order valence-corrected chi connectivity index (χ0v) is 11.5. The van der Waals surface area contributed by atoms with E-state index in [0.717, 1.165) is 18.4 Å². The monoisotopic (exact) mass is 272 g/mol. The second-order valence-corrected chi connectivity index (χ2v) is 5.16. The van der Waals surface area contributed by atoms with Gasteiger partial charge in [-0.05, 0) is 36.6 Å². The Balaban J connectivity index is 1.87. The molecule has 106 valence electrons. The molecule has 0 spiro atoms. The predicted octanol–water partition coefficient (Wildman–Crippen LogP) is 2.25. The number of nitrogens with one attached hydrogen (secondary N) is 1. The molecule has 0 bridgehead atoms. The standard InChI is InChI=1S/C16H20N2O2/c17-16(20)13-9-6-12(7-10-13)8-11-15(19)18-14-4-2-1-3-5-14/h6-11,14H,1-5H2,(H2,17,20)(H,18,19). The smallest absolute Gasteiger partial charge is 0.248 e. The highest BCUT2D eigenvalue weighted by Crippen LogP contribution is 2.17. The number of carbonyl (C=O) groups is 2. The van der Waals surface area contributed by atoms with E-state index < -0.39 is 5.91 Å². The summed E-state index contributed by atoms with van der Waals surface area (Å²) in [6.07, 6.45) is 9.09. The van der Waals surface area contributed by atoms with Crippen LogP contribution in [0.1, 0.15) is 48.0 Å². The van der Waals surface area contributed by atoms with Crippen LogP contribution >= 0.6 is 0 Å². The van der Waals surface area contributed by atoms with Crippen molar-refractivity contribution in [3.05, 3.63) is 41.5 Å². The molecule has 1 aliphatic carbocycles. The van der Waals surface area contributed by atoms with E-state index in [4.69, 9.17) is 5.73 Å². The van der Waals surface area contributed by atoms with Gasteiger partial charge in [0.05, 0.1) is 0 Å². The van der Waals surface area contributed by atoms with Gasteiger partial charge in [0.2, 0.25) is 11.8 Å². The molecule has 2 amide bonds. The van der Waals surface area contributed by atoms with Gasteiger partial charge in [-0.25, -0.2) is 0 Å². The van der Waals surface area contributed by atoms with Crippen LogP contribution in [0.15, 0.2) is 30.3 Å². The van der Waals surface area contributed by atoms with E-state index in [1.165, 1.54) is 25.3 Å². The first-order chi connectivity index (χ1) is 9.65. The van der Waals surface area contributed by atoms with Crippen molar-refractivity contribution in [2.24, 2.45) is 5.73 Å². The van der Waals surface area contributed by atoms with Gasteiger partial charge < -0.3 is 11.1 Å². The number of rotatable bonds is 4. The minimum Gasteiger partial charge on any atom is -0.366 e. The molecule has 20 heavy (non-hydrogen) atoms. The van der Waals surface area contributed by atoms with Crippen LogP contribution in [0, 0.1) is 0 Å². The van der Waals surface area contributed by atoms with Gasteiger partial charge in [0, 0.05) is 17.7 Å². The lowest BCUT2D eigenvalue weighted by Gasteiger charge is -2.21. The van der Waals surface area contributed by atoms with Crippen LogP contribution in [0.5, 0.6) is 0 Å². The molecule has 0 atom stereocenters. The molecule has 0 aliphatic heterocycles. The van der Waals surface area contributed by atoms with Crippen molar-refractivity contribution in [3.8, 4) is 0 Å². The minimum absolute atomic E-state index is 0.0594. The van der Waals surface area contributed by atoms with E-state index in [9.17, 15) is 9.59 Å². The summed E-state index contributed by atoms with van der Waals surface area (Å²) in [4.78, 5) is 22.7. The topological polar surface area (TPSA) is 72.2 Å². The summed E-state index contributed by atoms with van der Waals surface area (Å²) >= 11 is 0. The molecule has 0 aromatic heterocycles. The summed E-state index contributed by atoms with van der Waals surface area (Å²) in [5.41, 5.74) is 6.50. The van der Waals surface area contributed by atoms with Crippen molar-refractivity contribution in [2.75, 3.05) is 0 Å². The molecule has 1 fully saturated rings. The zero-order valence-electron chi connectivity index (χ0n) is 11.5. The minimum atomic E-state index is -0.449. The van der Waals surface area contributed by atoms with E-state index in [0.29, 0.717) is 11.6 Å². The Bertz CT molecular complexity index is 500. The lowest BCUT2D eigenvalue weighted by Crippen LogP contribution is -2.34. The van der Waals surface area contributed by atoms with Gasteiger partial charge in [0.1, 0.15) is 0 Å². The fraction of sp³-hybridized carbons (Fsp3) is 0.375. The average Bonchev–Trinajstić information content (AvgIpc) is 2.46. The van der Waals surface area contributed by atoms with Crippen LogP contribution in [0.25, 0.3) is 6.08 Å². The average molecular weight is 272 g/mol. The predicted molar refractivity (Wildman–Crippen MR) is 79.0 cm³/mol. The van der Waals surface area contributed by atoms with Crippen molar-refractivity contribution in [3.63, 3.8) is 0 Å². The molecule has 2 rings (SSSR count). The fourth-order valence-corrected chi connectivity index (χ4v) is 2.43. The van der Waals surface area contributed by atoms with Crippen molar-refractivity contribution in [2.45, 2.75) is 38.1 Å². The number of hydrogen-bond acceptors (Lipinski definition) is 2. The maximum absolute atomic E-state index is 11.8. The van der Waals surface area contributed by atoms with Crippen LogP contribution in [-0.2, 0) is 4.79 Å². The molecule has 0 saturated heterocycles. The highest BCUT2D eigenvalue weighted by atomic mass is 16.1. The third-order valence-corrected chi connectivity index (χ3v) is 3.57. The second-order valence-electron chi connectivity index (χ2n) is 5.16. The SMILES string of the molecule is NC(=O)c1ccc(C=CC(=O)NC2CCCCC2)cc1. The maximum Gasteiger partial charge on any atom is 0.248 e. The molecule has 4 nitrogen and oxygen atoms in total. The van der Waals surface area contributed by atoms with Crippen molar-refractivity contribution >= 4 is 17.9 Å². The Morgan fingerprint density at radius 2 is 1.75 bits per heavy atom. The van der Waals surface area contributed by atoms with Crippen molar-refractivity contribution in [1.82, 2.24) is 5.32 Å². The highest BCUT2D eigenvalue weighted by molar-refractivity contribution is 5.94. The number of hydrogen-bond donors (Lipinski definition) is 2. The molecule has 1 aliphatic rings. The second kappa shape index (κ2) is 6.89. The lowest BCUT2D eigenvalue weighted by molar-refractivity contribution is -0.117. The van der Waals surface area contributed by atoms with Crippen molar-refractivity contribution in [1.29, 1.82) is 0 Å². The van der Waals surface area contributed by atoms with Crippen molar-refractivity contribution < 1.29 is 9.59 Å². The Morgan fingerprint density at radius 3 is 2.35 bits per heavy atom. The Hall–Kier alpha value is -2.10. The van der Waals surface area contributed by atoms with Gasteiger partial charge >= 0.3 is 0 Å². The first-order valence-corrected chi connectivity index (χ1v) is 7.03. The quantitative estimate of drug-likeness (QED) is 0.825. The van der Waals surface area contributed by atoms with Crippen LogP contribution in [-0.4, -0.2) is 17.9 Å². The third kappa shape index (κ3) is 4.23. The molecule has 4 heteroatoms. The Morgan fingerprint density at radius 1 is 1.10 bits per heavy atom. The lowest BCUT2D eigenvalue weighted by atomic mass is 9.95. The summed E-state index contributed by atoms with van der Waals surface area (Å²) in [6.45, 7) is 0. The highest BCUT2D eigenvalue weighted by Gasteiger charge is 2.13. The first kappa shape index (κ1) is 14.3. The third-order valence-electron chi connectivity index (χ3n) is 3.57. The van der Waals surface area contributed by atoms with Gasteiger partial charge in [0.15, 0.2) is 0 Å². The largest absolute Gasteiger partial charge is 0.366 e. The number of benzene rings is 1. The summed E-state index contributed by atoms with van der Waals surface area (Å²) in [6, 6.07) is 7.16. The van der Waals surface area contributed by atoms with Crippen LogP contribution < -0.4 is 11.1 Å². The molecule has 0 unspecified atom stereocenters. The Kier molecular flexibility index (Phi) is 4.93. The van der Waals surface area contributed by atoms with Gasteiger partial charge in [0.25, 0.3) is 0 Å². The Labute approximate surface area is 119 Å². The molecule has 3 N–H and O–H groups in total. The molecular formula is C16H20N2O2. The maximum atomic E-state index is 11.8. The van der Waals surface area contributed by atoms with Crippen LogP contribution in [0.4, 0.5) is 0 Å². The normalized spacial score (nSPS) is 16.2. The number of nitrogens with two attached hydrogens (primary N) is 1. The van der Waals surface area contributed by atoms with Gasteiger partial charge in [-0.1, -0.05) is 31.4 Å². The summed E-state index contributed by atoms with van der Waals surface area (Å²) in [5.74, 6) is -0.508. The van der Waals surface area contributed by atoms with E-state index in [1.54, 1.807) is 30.3 Å². The van der Waals surface area contributed by atoms with E-state index in [1.807, 2.05) is 0 Å². The van der Waals surface area contributed by atoms with Gasteiger partial charge in [-0.2, -0.15) is 0 Å². The molecule has 1 saturated carbocycles. The van der Waals surface area contributed by atoms with Crippen LogP contribution in [0.2, 0.25) is 0 Å². The summed E-state index contributed by atoms with van der Waals surface area (Å²) in [7, 11) is 0. The molecule has 1 aromatic rings. The van der Waals surface area contributed by atoms with Crippen LogP contribution in [0.3, 0.4) is 0 Å². The van der Waals surface area contributed by atoms with Gasteiger partial charge in [-0.15, -0.1) is 0 Å². The zero-order chi connectivity index (χ0) is 14.4. The molecule has 0 radical (unpaired) electrons. The molecular weight excluding hydrogens is 252 g/mol. The van der Waals surface area contributed by atoms with E-state index in [-0.39, 0.29) is 5.91 Å². The number of amides is 2. The first-order valence-electron chi connectivity index (χ1n) is 7.03. The molecule has 0 heterocycles. The van der Waals surface area contributed by atoms with E-state index >= 15 is 0 Å². The van der Waals surface area contributed by atoms with E-state index in [2.05, 4.69) is 5.32 Å². The fourth-order valence-electron chi connectivity index (χ4n) is 2.43. The summed E-state index contributed by atoms with van der Waals surface area (Å²) in [5, 5.41) is 3.02.